The van der Waals surface area contributed by atoms with E-state index in [0.29, 0.717) is 31.7 Å². The summed E-state index contributed by atoms with van der Waals surface area (Å²) in [5, 5.41) is 0.797. The fourth-order valence-corrected chi connectivity index (χ4v) is 4.25. The highest BCUT2D eigenvalue weighted by molar-refractivity contribution is 7.89. The molecule has 0 unspecified atom stereocenters. The maximum absolute atomic E-state index is 12.9. The van der Waals surface area contributed by atoms with Crippen LogP contribution in [-0.4, -0.2) is 54.7 Å². The molecule has 0 N–H and O–H groups in total. The fraction of sp³-hybridized carbons (Fsp3) is 0.333. The van der Waals surface area contributed by atoms with Gasteiger partial charge in [-0.1, -0.05) is 18.2 Å². The second-order valence-electron chi connectivity index (χ2n) is 5.24. The molecule has 7 heteroatoms. The molecule has 6 nitrogen and oxygen atoms in total. The molecule has 1 fully saturated rings. The molecule has 2 heterocycles. The van der Waals surface area contributed by atoms with E-state index in [2.05, 4.69) is 4.98 Å². The van der Waals surface area contributed by atoms with Crippen molar-refractivity contribution in [2.45, 2.75) is 11.8 Å². The predicted octanol–water partition coefficient (Wildman–Crippen LogP) is 1.09. The number of piperazine rings is 1. The van der Waals surface area contributed by atoms with Gasteiger partial charge in [0, 0.05) is 44.7 Å². The van der Waals surface area contributed by atoms with E-state index in [4.69, 9.17) is 0 Å². The van der Waals surface area contributed by atoms with Crippen LogP contribution in [-0.2, 0) is 14.8 Å². The molecule has 1 amide bonds. The number of sulfonamides is 1. The maximum atomic E-state index is 12.9. The second kappa shape index (κ2) is 5.66. The topological polar surface area (TPSA) is 70.6 Å². The Hall–Kier alpha value is -1.99. The Morgan fingerprint density at radius 3 is 2.45 bits per heavy atom. The number of rotatable bonds is 2. The van der Waals surface area contributed by atoms with Crippen molar-refractivity contribution in [1.82, 2.24) is 14.2 Å². The summed E-state index contributed by atoms with van der Waals surface area (Å²) in [5.41, 5.74) is 0.485. The molecular weight excluding hydrogens is 302 g/mol. The van der Waals surface area contributed by atoms with Crippen molar-refractivity contribution >= 4 is 26.8 Å². The van der Waals surface area contributed by atoms with E-state index in [1.165, 1.54) is 11.2 Å². The number of hydrogen-bond donors (Lipinski definition) is 0. The fourth-order valence-electron chi connectivity index (χ4n) is 2.67. The second-order valence-corrected chi connectivity index (χ2v) is 7.15. The van der Waals surface area contributed by atoms with E-state index in [9.17, 15) is 13.2 Å². The summed E-state index contributed by atoms with van der Waals surface area (Å²) in [6, 6.07) is 8.78. The Balaban J connectivity index is 1.95. The molecule has 116 valence electrons. The van der Waals surface area contributed by atoms with E-state index in [0.717, 1.165) is 5.39 Å². The summed E-state index contributed by atoms with van der Waals surface area (Å²) in [7, 11) is -3.60. The summed E-state index contributed by atoms with van der Waals surface area (Å²) in [5.74, 6) is -0.0242. The minimum absolute atomic E-state index is 0.0242. The lowest BCUT2D eigenvalue weighted by molar-refractivity contribution is -0.129. The Kier molecular flexibility index (Phi) is 3.84. The number of fused-ring (bicyclic) bond motifs is 1. The Morgan fingerprint density at radius 2 is 1.77 bits per heavy atom. The summed E-state index contributed by atoms with van der Waals surface area (Å²) >= 11 is 0. The molecule has 1 saturated heterocycles. The van der Waals surface area contributed by atoms with Crippen LogP contribution in [0.2, 0.25) is 0 Å². The minimum atomic E-state index is -3.60. The molecule has 0 saturated carbocycles. The molecule has 22 heavy (non-hydrogen) atoms. The standard InChI is InChI=1S/C15H17N3O3S/c1-12(19)17-8-10-18(11-9-17)22(20,21)14-6-2-4-13-5-3-7-16-15(13)14/h2-7H,8-11H2,1H3. The highest BCUT2D eigenvalue weighted by atomic mass is 32.2. The van der Waals surface area contributed by atoms with Gasteiger partial charge < -0.3 is 4.90 Å². The average molecular weight is 319 g/mol. The van der Waals surface area contributed by atoms with Crippen molar-refractivity contribution in [3.8, 4) is 0 Å². The van der Waals surface area contributed by atoms with E-state index >= 15 is 0 Å². The summed E-state index contributed by atoms with van der Waals surface area (Å²) in [6.07, 6.45) is 1.59. The molecule has 1 aliphatic heterocycles. The number of pyridine rings is 1. The third-order valence-electron chi connectivity index (χ3n) is 3.90. The molecule has 3 rings (SSSR count). The zero-order valence-electron chi connectivity index (χ0n) is 12.3. The van der Waals surface area contributed by atoms with Crippen LogP contribution in [0, 0.1) is 0 Å². The lowest BCUT2D eigenvalue weighted by atomic mass is 10.2. The Morgan fingerprint density at radius 1 is 1.09 bits per heavy atom. The molecule has 0 radical (unpaired) electrons. The van der Waals surface area contributed by atoms with Crippen molar-refractivity contribution in [3.05, 3.63) is 36.5 Å². The smallest absolute Gasteiger partial charge is 0.245 e. The van der Waals surface area contributed by atoms with Crippen LogP contribution >= 0.6 is 0 Å². The van der Waals surface area contributed by atoms with E-state index < -0.39 is 10.0 Å². The highest BCUT2D eigenvalue weighted by Gasteiger charge is 2.30. The molecule has 0 bridgehead atoms. The van der Waals surface area contributed by atoms with Gasteiger partial charge in [0.25, 0.3) is 0 Å². The third kappa shape index (κ3) is 2.57. The Bertz CT molecular complexity index is 806. The van der Waals surface area contributed by atoms with Gasteiger partial charge in [-0.15, -0.1) is 0 Å². The molecule has 2 aromatic rings. The first-order valence-electron chi connectivity index (χ1n) is 7.09. The number of nitrogens with zero attached hydrogens (tertiary/aromatic N) is 3. The Labute approximate surface area is 129 Å². The van der Waals surface area contributed by atoms with Crippen LogP contribution in [0.4, 0.5) is 0 Å². The molecule has 1 aliphatic rings. The monoisotopic (exact) mass is 319 g/mol. The van der Waals surface area contributed by atoms with Gasteiger partial charge in [0.05, 0.1) is 5.52 Å². The predicted molar refractivity (Wildman–Crippen MR) is 82.8 cm³/mol. The number of aromatic nitrogens is 1. The summed E-state index contributed by atoms with van der Waals surface area (Å²) in [4.78, 5) is 17.4. The van der Waals surface area contributed by atoms with Gasteiger partial charge in [0.2, 0.25) is 15.9 Å². The van der Waals surface area contributed by atoms with Gasteiger partial charge in [-0.3, -0.25) is 9.78 Å². The zero-order chi connectivity index (χ0) is 15.7. The van der Waals surface area contributed by atoms with Crippen LogP contribution in [0.1, 0.15) is 6.92 Å². The van der Waals surface area contributed by atoms with Gasteiger partial charge in [-0.25, -0.2) is 8.42 Å². The van der Waals surface area contributed by atoms with Crippen LogP contribution in [0.15, 0.2) is 41.4 Å². The average Bonchev–Trinajstić information content (AvgIpc) is 2.54. The van der Waals surface area contributed by atoms with Crippen molar-refractivity contribution < 1.29 is 13.2 Å². The number of carbonyl (C=O) groups is 1. The van der Waals surface area contributed by atoms with Crippen molar-refractivity contribution in [1.29, 1.82) is 0 Å². The lowest BCUT2D eigenvalue weighted by Gasteiger charge is -2.33. The number of carbonyl (C=O) groups excluding carboxylic acids is 1. The molecule has 0 aliphatic carbocycles. The summed E-state index contributed by atoms with van der Waals surface area (Å²) in [6.45, 7) is 2.97. The number of benzene rings is 1. The van der Waals surface area contributed by atoms with E-state index in [1.807, 2.05) is 12.1 Å². The van der Waals surface area contributed by atoms with E-state index in [1.54, 1.807) is 29.3 Å². The largest absolute Gasteiger partial charge is 0.340 e. The lowest BCUT2D eigenvalue weighted by Crippen LogP contribution is -2.49. The molecule has 1 aromatic carbocycles. The first-order valence-corrected chi connectivity index (χ1v) is 8.53. The first kappa shape index (κ1) is 14.9. The quantitative estimate of drug-likeness (QED) is 0.831. The molecule has 1 aromatic heterocycles. The zero-order valence-corrected chi connectivity index (χ0v) is 13.1. The highest BCUT2D eigenvalue weighted by Crippen LogP contribution is 2.24. The van der Waals surface area contributed by atoms with Gasteiger partial charge in [0.1, 0.15) is 4.90 Å². The van der Waals surface area contributed by atoms with Crippen LogP contribution < -0.4 is 0 Å². The molecule has 0 atom stereocenters. The maximum Gasteiger partial charge on any atom is 0.245 e. The van der Waals surface area contributed by atoms with Crippen molar-refractivity contribution in [3.63, 3.8) is 0 Å². The SMILES string of the molecule is CC(=O)N1CCN(S(=O)(=O)c2cccc3cccnc23)CC1. The van der Waals surface area contributed by atoms with Crippen molar-refractivity contribution in [2.24, 2.45) is 0 Å². The van der Waals surface area contributed by atoms with Crippen LogP contribution in [0.3, 0.4) is 0 Å². The van der Waals surface area contributed by atoms with Gasteiger partial charge in [-0.05, 0) is 12.1 Å². The number of hydrogen-bond acceptors (Lipinski definition) is 4. The van der Waals surface area contributed by atoms with Crippen molar-refractivity contribution in [2.75, 3.05) is 26.2 Å². The molecular formula is C15H17N3O3S. The van der Waals surface area contributed by atoms with Gasteiger partial charge in [-0.2, -0.15) is 4.31 Å². The first-order chi connectivity index (χ1) is 10.5. The number of amides is 1. The van der Waals surface area contributed by atoms with Gasteiger partial charge >= 0.3 is 0 Å². The third-order valence-corrected chi connectivity index (χ3v) is 5.83. The van der Waals surface area contributed by atoms with E-state index in [-0.39, 0.29) is 10.8 Å². The van der Waals surface area contributed by atoms with Gasteiger partial charge in [0.15, 0.2) is 0 Å². The molecule has 0 spiro atoms. The normalized spacial score (nSPS) is 16.9. The van der Waals surface area contributed by atoms with Crippen LogP contribution in [0.5, 0.6) is 0 Å². The summed E-state index contributed by atoms with van der Waals surface area (Å²) < 4.78 is 27.1. The van der Waals surface area contributed by atoms with Crippen LogP contribution in [0.25, 0.3) is 10.9 Å². The minimum Gasteiger partial charge on any atom is -0.340 e. The number of para-hydroxylation sites is 1.